The van der Waals surface area contributed by atoms with Crippen LogP contribution in [0, 0.1) is 5.92 Å². The predicted octanol–water partition coefficient (Wildman–Crippen LogP) is 3.02. The van der Waals surface area contributed by atoms with Crippen molar-refractivity contribution in [3.63, 3.8) is 0 Å². The lowest BCUT2D eigenvalue weighted by molar-refractivity contribution is -0.132. The molecule has 1 unspecified atom stereocenters. The Hall–Kier alpha value is -2.55. The number of aryl methyl sites for hydroxylation is 3. The Balaban J connectivity index is 1.30. The summed E-state index contributed by atoms with van der Waals surface area (Å²) in [6.45, 7) is 5.90. The van der Waals surface area contributed by atoms with Gasteiger partial charge in [-0.2, -0.15) is 0 Å². The number of rotatable bonds is 6. The smallest absolute Gasteiger partial charge is 0.259 e. The van der Waals surface area contributed by atoms with Crippen LogP contribution in [0.1, 0.15) is 67.7 Å². The van der Waals surface area contributed by atoms with Gasteiger partial charge >= 0.3 is 0 Å². The number of fused-ring (bicyclic) bond motifs is 3. The van der Waals surface area contributed by atoms with Gasteiger partial charge in [-0.15, -0.1) is 21.5 Å². The number of hydrogen-bond donors (Lipinski definition) is 1. The molecule has 3 aromatic heterocycles. The molecule has 5 rings (SSSR count). The fourth-order valence-corrected chi connectivity index (χ4v) is 6.20. The Morgan fingerprint density at radius 1 is 1.32 bits per heavy atom. The second-order valence-corrected chi connectivity index (χ2v) is 10.1. The molecule has 4 heterocycles. The molecular formula is C22H28N6O2S. The molecule has 0 aromatic carbocycles. The molecular weight excluding hydrogens is 412 g/mol. The topological polar surface area (TPSA) is 96.8 Å². The monoisotopic (exact) mass is 440 g/mol. The van der Waals surface area contributed by atoms with Gasteiger partial charge in [0.25, 0.3) is 5.56 Å². The van der Waals surface area contributed by atoms with E-state index in [1.54, 1.807) is 17.7 Å². The first kappa shape index (κ1) is 20.4. The van der Waals surface area contributed by atoms with Crippen molar-refractivity contribution in [3.05, 3.63) is 38.8 Å². The third-order valence-corrected chi connectivity index (χ3v) is 7.46. The predicted molar refractivity (Wildman–Crippen MR) is 119 cm³/mol. The summed E-state index contributed by atoms with van der Waals surface area (Å²) < 4.78 is 2.07. The molecule has 31 heavy (non-hydrogen) atoms. The van der Waals surface area contributed by atoms with Gasteiger partial charge in [-0.25, -0.2) is 4.98 Å². The van der Waals surface area contributed by atoms with Crippen LogP contribution in [0.5, 0.6) is 0 Å². The molecule has 1 aliphatic carbocycles. The van der Waals surface area contributed by atoms with Crippen molar-refractivity contribution in [1.29, 1.82) is 0 Å². The highest BCUT2D eigenvalue weighted by atomic mass is 32.1. The van der Waals surface area contributed by atoms with Crippen molar-refractivity contribution < 1.29 is 4.79 Å². The summed E-state index contributed by atoms with van der Waals surface area (Å²) in [6, 6.07) is -0.0245. The third-order valence-electron chi connectivity index (χ3n) is 6.28. The molecule has 0 saturated carbocycles. The zero-order chi connectivity index (χ0) is 21.5. The molecule has 9 heteroatoms. The molecule has 1 atom stereocenters. The van der Waals surface area contributed by atoms with Crippen molar-refractivity contribution in [3.8, 4) is 0 Å². The first-order chi connectivity index (χ1) is 15.0. The lowest BCUT2D eigenvalue weighted by Crippen LogP contribution is -2.32. The number of aromatic amines is 1. The maximum atomic E-state index is 13.1. The van der Waals surface area contributed by atoms with Gasteiger partial charge in [0, 0.05) is 30.8 Å². The second kappa shape index (κ2) is 8.18. The summed E-state index contributed by atoms with van der Waals surface area (Å²) in [6.07, 6.45) is 7.53. The lowest BCUT2D eigenvalue weighted by Gasteiger charge is -2.25. The van der Waals surface area contributed by atoms with Gasteiger partial charge in [0.15, 0.2) is 5.82 Å². The van der Waals surface area contributed by atoms with Crippen LogP contribution in [0.15, 0.2) is 11.1 Å². The van der Waals surface area contributed by atoms with Crippen LogP contribution >= 0.6 is 11.3 Å². The molecule has 1 N–H and O–H groups in total. The minimum atomic E-state index is -0.0623. The summed E-state index contributed by atoms with van der Waals surface area (Å²) in [4.78, 5) is 37.4. The highest BCUT2D eigenvalue weighted by molar-refractivity contribution is 7.18. The Morgan fingerprint density at radius 2 is 2.19 bits per heavy atom. The van der Waals surface area contributed by atoms with Crippen LogP contribution in [0.3, 0.4) is 0 Å². The van der Waals surface area contributed by atoms with Crippen molar-refractivity contribution in [2.45, 2.75) is 71.4 Å². The van der Waals surface area contributed by atoms with Gasteiger partial charge in [-0.3, -0.25) is 9.59 Å². The molecule has 1 amide bonds. The first-order valence-corrected chi connectivity index (χ1v) is 12.0. The molecule has 1 aliphatic heterocycles. The van der Waals surface area contributed by atoms with Gasteiger partial charge < -0.3 is 14.5 Å². The second-order valence-electron chi connectivity index (χ2n) is 9.03. The number of H-pyrrole nitrogens is 1. The van der Waals surface area contributed by atoms with Gasteiger partial charge in [0.05, 0.1) is 11.4 Å². The van der Waals surface area contributed by atoms with Crippen LogP contribution in [-0.2, 0) is 30.6 Å². The number of thiophene rings is 1. The summed E-state index contributed by atoms with van der Waals surface area (Å²) >= 11 is 1.63. The number of likely N-dealkylation sites (tertiary alicyclic amines) is 1. The van der Waals surface area contributed by atoms with Crippen LogP contribution in [0.2, 0.25) is 0 Å². The van der Waals surface area contributed by atoms with E-state index in [1.165, 1.54) is 10.4 Å². The summed E-state index contributed by atoms with van der Waals surface area (Å²) in [5.74, 6) is 2.04. The van der Waals surface area contributed by atoms with E-state index >= 15 is 0 Å². The Bertz CT molecular complexity index is 1180. The minimum Gasteiger partial charge on any atom is -0.332 e. The number of amides is 1. The van der Waals surface area contributed by atoms with E-state index < -0.39 is 0 Å². The Labute approximate surface area is 184 Å². The normalized spacial score (nSPS) is 18.4. The maximum absolute atomic E-state index is 13.1. The average Bonchev–Trinajstić information content (AvgIpc) is 3.48. The van der Waals surface area contributed by atoms with Crippen molar-refractivity contribution in [2.75, 3.05) is 6.54 Å². The van der Waals surface area contributed by atoms with Crippen LogP contribution in [-0.4, -0.2) is 42.1 Å². The third kappa shape index (κ3) is 3.79. The number of nitrogens with one attached hydrogen (secondary N) is 1. The van der Waals surface area contributed by atoms with E-state index in [9.17, 15) is 9.59 Å². The zero-order valence-electron chi connectivity index (χ0n) is 18.1. The molecule has 164 valence electrons. The van der Waals surface area contributed by atoms with Crippen LogP contribution in [0.4, 0.5) is 0 Å². The number of carbonyl (C=O) groups is 1. The first-order valence-electron chi connectivity index (χ1n) is 11.2. The van der Waals surface area contributed by atoms with Gasteiger partial charge in [0.1, 0.15) is 17.0 Å². The molecule has 8 nitrogen and oxygen atoms in total. The summed E-state index contributed by atoms with van der Waals surface area (Å²) in [5, 5.41) is 9.19. The van der Waals surface area contributed by atoms with Crippen LogP contribution in [0.25, 0.3) is 10.2 Å². The molecule has 0 bridgehead atoms. The summed E-state index contributed by atoms with van der Waals surface area (Å²) in [5.41, 5.74) is 1.12. The van der Waals surface area contributed by atoms with Crippen molar-refractivity contribution in [2.24, 2.45) is 5.92 Å². The number of carbonyl (C=O) groups excluding carboxylic acids is 1. The quantitative estimate of drug-likeness (QED) is 0.636. The molecule has 0 radical (unpaired) electrons. The Morgan fingerprint density at radius 3 is 3.03 bits per heavy atom. The van der Waals surface area contributed by atoms with E-state index in [0.29, 0.717) is 24.6 Å². The molecule has 1 saturated heterocycles. The highest BCUT2D eigenvalue weighted by Crippen LogP contribution is 2.35. The number of nitrogens with zero attached hydrogens (tertiary/aromatic N) is 5. The molecule has 1 fully saturated rings. The van der Waals surface area contributed by atoms with Crippen molar-refractivity contribution >= 4 is 27.5 Å². The summed E-state index contributed by atoms with van der Waals surface area (Å²) in [7, 11) is 0. The number of aromatic nitrogens is 5. The minimum absolute atomic E-state index is 0.0245. The van der Waals surface area contributed by atoms with Crippen LogP contribution < -0.4 is 5.56 Å². The molecule has 3 aromatic rings. The lowest BCUT2D eigenvalue weighted by atomic mass is 10.1. The molecule has 0 spiro atoms. The molecule has 2 aliphatic rings. The standard InChI is InChI=1S/C22H28N6O2S/c1-13(2)11-27-12-23-26-20(27)15-6-4-10-28(15)18(29)9-8-17-24-21(30)19-14-5-3-7-16(14)31-22(19)25-17/h12-13,15H,3-11H2,1-2H3,(H,24,25,30). The fourth-order valence-electron chi connectivity index (χ4n) is 4.92. The zero-order valence-corrected chi connectivity index (χ0v) is 18.9. The fraction of sp³-hybridized carbons (Fsp3) is 0.591. The average molecular weight is 441 g/mol. The highest BCUT2D eigenvalue weighted by Gasteiger charge is 2.33. The van der Waals surface area contributed by atoms with Crippen molar-refractivity contribution in [1.82, 2.24) is 29.6 Å². The SMILES string of the molecule is CC(C)Cn1cnnc1C1CCCN1C(=O)CCc1nc2sc3c(c2c(=O)[nH]1)CCC3. The van der Waals surface area contributed by atoms with Gasteiger partial charge in [-0.05, 0) is 43.6 Å². The number of hydrogen-bond acceptors (Lipinski definition) is 6. The Kier molecular flexibility index (Phi) is 5.37. The van der Waals surface area contributed by atoms with E-state index in [4.69, 9.17) is 0 Å². The van der Waals surface area contributed by atoms with E-state index in [0.717, 1.165) is 61.2 Å². The largest absolute Gasteiger partial charge is 0.332 e. The van der Waals surface area contributed by atoms with Gasteiger partial charge in [-0.1, -0.05) is 13.8 Å². The maximum Gasteiger partial charge on any atom is 0.259 e. The van der Waals surface area contributed by atoms with E-state index in [-0.39, 0.29) is 17.5 Å². The van der Waals surface area contributed by atoms with Gasteiger partial charge in [0.2, 0.25) is 5.91 Å². The van der Waals surface area contributed by atoms with E-state index in [1.807, 2.05) is 4.90 Å². The van der Waals surface area contributed by atoms with E-state index in [2.05, 4.69) is 38.6 Å².